The number of morpholine rings is 1. The average Bonchev–Trinajstić information content (AvgIpc) is 3.11. The second-order valence-corrected chi connectivity index (χ2v) is 9.16. The second kappa shape index (κ2) is 10.7. The number of aromatic nitrogens is 2. The lowest BCUT2D eigenvalue weighted by Gasteiger charge is -2.33. The van der Waals surface area contributed by atoms with Gasteiger partial charge in [0.05, 0.1) is 13.2 Å². The molecule has 0 bridgehead atoms. The molecule has 1 fully saturated rings. The molecule has 2 heterocycles. The van der Waals surface area contributed by atoms with Crippen molar-refractivity contribution in [2.24, 2.45) is 5.92 Å². The first-order valence-corrected chi connectivity index (χ1v) is 11.8. The third-order valence-corrected chi connectivity index (χ3v) is 6.65. The summed E-state index contributed by atoms with van der Waals surface area (Å²) >= 11 is 0. The largest absolute Gasteiger partial charge is 0.378 e. The van der Waals surface area contributed by atoms with Gasteiger partial charge in [-0.25, -0.2) is 0 Å². The number of rotatable bonds is 9. The molecule has 1 aliphatic carbocycles. The maximum atomic E-state index is 13.3. The van der Waals surface area contributed by atoms with Crippen molar-refractivity contribution >= 4 is 5.91 Å². The van der Waals surface area contributed by atoms with Crippen LogP contribution in [0, 0.1) is 5.92 Å². The van der Waals surface area contributed by atoms with Crippen LogP contribution in [0.25, 0.3) is 0 Å². The number of hydrogen-bond acceptors (Lipinski definition) is 5. The molecular formula is C23H41N5O2. The molecule has 1 atom stereocenters. The summed E-state index contributed by atoms with van der Waals surface area (Å²) in [6.45, 7) is 16.7. The van der Waals surface area contributed by atoms with Crippen molar-refractivity contribution in [3.05, 3.63) is 17.0 Å². The molecule has 0 N–H and O–H groups in total. The van der Waals surface area contributed by atoms with E-state index < -0.39 is 0 Å². The maximum absolute atomic E-state index is 13.3. The van der Waals surface area contributed by atoms with E-state index in [-0.39, 0.29) is 5.91 Å². The molecule has 170 valence electrons. The van der Waals surface area contributed by atoms with Crippen molar-refractivity contribution in [2.45, 2.75) is 59.5 Å². The summed E-state index contributed by atoms with van der Waals surface area (Å²) in [5, 5.41) is 4.86. The van der Waals surface area contributed by atoms with Crippen molar-refractivity contribution in [3.8, 4) is 0 Å². The second-order valence-electron chi connectivity index (χ2n) is 9.16. The first kappa shape index (κ1) is 23.2. The normalized spacial score (nSPS) is 19.7. The Labute approximate surface area is 182 Å². The standard InChI is InChI=1S/C23H41N5O2/c1-6-26(7-2)11-10-25(5)19-8-9-21-20(16-19)22(24-28(21)17-18(3)4)23(29)27-12-14-30-15-13-27/h18-19H,6-17H2,1-5H3. The molecule has 1 amide bonds. The van der Waals surface area contributed by atoms with E-state index in [9.17, 15) is 4.79 Å². The summed E-state index contributed by atoms with van der Waals surface area (Å²) in [5.74, 6) is 0.596. The minimum atomic E-state index is 0.0866. The van der Waals surface area contributed by atoms with Gasteiger partial charge in [0.2, 0.25) is 0 Å². The highest BCUT2D eigenvalue weighted by Gasteiger charge is 2.33. The van der Waals surface area contributed by atoms with Gasteiger partial charge in [0.15, 0.2) is 5.69 Å². The SMILES string of the molecule is CCN(CC)CCN(C)C1CCc2c(c(C(=O)N3CCOCC3)nn2CC(C)C)C1. The Morgan fingerprint density at radius 3 is 2.53 bits per heavy atom. The van der Waals surface area contributed by atoms with Crippen molar-refractivity contribution in [1.82, 2.24) is 24.5 Å². The molecule has 1 unspecified atom stereocenters. The number of nitrogens with zero attached hydrogens (tertiary/aromatic N) is 5. The third-order valence-electron chi connectivity index (χ3n) is 6.65. The highest BCUT2D eigenvalue weighted by molar-refractivity contribution is 5.94. The molecule has 30 heavy (non-hydrogen) atoms. The minimum absolute atomic E-state index is 0.0866. The van der Waals surface area contributed by atoms with E-state index in [0.717, 1.165) is 52.0 Å². The van der Waals surface area contributed by atoms with Crippen molar-refractivity contribution in [2.75, 3.05) is 59.5 Å². The van der Waals surface area contributed by atoms with Crippen LogP contribution in [0.1, 0.15) is 55.9 Å². The molecule has 7 heteroatoms. The smallest absolute Gasteiger partial charge is 0.274 e. The number of hydrogen-bond donors (Lipinski definition) is 0. The average molecular weight is 420 g/mol. The zero-order valence-electron chi connectivity index (χ0n) is 19.7. The number of carbonyl (C=O) groups excluding carboxylic acids is 1. The third kappa shape index (κ3) is 5.42. The summed E-state index contributed by atoms with van der Waals surface area (Å²) < 4.78 is 7.56. The van der Waals surface area contributed by atoms with Crippen LogP contribution in [-0.2, 0) is 24.1 Å². The molecule has 1 aromatic rings. The molecular weight excluding hydrogens is 378 g/mol. The summed E-state index contributed by atoms with van der Waals surface area (Å²) in [5.41, 5.74) is 3.17. The fourth-order valence-corrected chi connectivity index (χ4v) is 4.65. The topological polar surface area (TPSA) is 53.8 Å². The predicted molar refractivity (Wildman–Crippen MR) is 120 cm³/mol. The molecule has 0 aromatic carbocycles. The van der Waals surface area contributed by atoms with Crippen LogP contribution in [0.15, 0.2) is 0 Å². The molecule has 0 radical (unpaired) electrons. The Morgan fingerprint density at radius 1 is 1.20 bits per heavy atom. The summed E-state index contributed by atoms with van der Waals surface area (Å²) in [7, 11) is 2.24. The van der Waals surface area contributed by atoms with Crippen LogP contribution >= 0.6 is 0 Å². The summed E-state index contributed by atoms with van der Waals surface area (Å²) in [6.07, 6.45) is 3.07. The number of carbonyl (C=O) groups is 1. The Hall–Kier alpha value is -1.44. The summed E-state index contributed by atoms with van der Waals surface area (Å²) in [4.78, 5) is 20.2. The van der Waals surface area contributed by atoms with Gasteiger partial charge in [0, 0.05) is 50.0 Å². The van der Waals surface area contributed by atoms with E-state index in [0.29, 0.717) is 44.0 Å². The predicted octanol–water partition coefficient (Wildman–Crippen LogP) is 2.14. The van der Waals surface area contributed by atoms with E-state index in [4.69, 9.17) is 9.84 Å². The number of ether oxygens (including phenoxy) is 1. The highest BCUT2D eigenvalue weighted by atomic mass is 16.5. The van der Waals surface area contributed by atoms with E-state index in [1.165, 1.54) is 11.3 Å². The monoisotopic (exact) mass is 419 g/mol. The number of amides is 1. The molecule has 0 spiro atoms. The first-order chi connectivity index (χ1) is 14.4. The van der Waals surface area contributed by atoms with Gasteiger partial charge >= 0.3 is 0 Å². The Bertz CT molecular complexity index is 692. The Kier molecular flexibility index (Phi) is 8.31. The Balaban J connectivity index is 1.78. The van der Waals surface area contributed by atoms with Crippen molar-refractivity contribution in [1.29, 1.82) is 0 Å². The van der Waals surface area contributed by atoms with Gasteiger partial charge in [0.1, 0.15) is 0 Å². The van der Waals surface area contributed by atoms with Gasteiger partial charge in [-0.15, -0.1) is 0 Å². The van der Waals surface area contributed by atoms with Gasteiger partial charge in [-0.2, -0.15) is 5.10 Å². The van der Waals surface area contributed by atoms with Gasteiger partial charge in [-0.3, -0.25) is 9.48 Å². The van der Waals surface area contributed by atoms with Gasteiger partial charge < -0.3 is 19.4 Å². The molecule has 2 aliphatic rings. The first-order valence-electron chi connectivity index (χ1n) is 11.8. The van der Waals surface area contributed by atoms with Gasteiger partial charge in [0.25, 0.3) is 5.91 Å². The minimum Gasteiger partial charge on any atom is -0.378 e. The zero-order chi connectivity index (χ0) is 21.7. The number of fused-ring (bicyclic) bond motifs is 1. The molecule has 3 rings (SSSR count). The molecule has 1 aromatic heterocycles. The molecule has 1 aliphatic heterocycles. The highest BCUT2D eigenvalue weighted by Crippen LogP contribution is 2.28. The lowest BCUT2D eigenvalue weighted by atomic mass is 9.90. The maximum Gasteiger partial charge on any atom is 0.274 e. The van der Waals surface area contributed by atoms with E-state index >= 15 is 0 Å². The fraction of sp³-hybridized carbons (Fsp3) is 0.826. The zero-order valence-corrected chi connectivity index (χ0v) is 19.7. The van der Waals surface area contributed by atoms with Crippen LogP contribution in [0.2, 0.25) is 0 Å². The van der Waals surface area contributed by atoms with Crippen molar-refractivity contribution in [3.63, 3.8) is 0 Å². The van der Waals surface area contributed by atoms with E-state index in [1.54, 1.807) is 0 Å². The summed E-state index contributed by atoms with van der Waals surface area (Å²) in [6, 6.07) is 0.473. The van der Waals surface area contributed by atoms with E-state index in [1.807, 2.05) is 4.90 Å². The van der Waals surface area contributed by atoms with Gasteiger partial charge in [-0.05, 0) is 45.3 Å². The number of likely N-dealkylation sites (N-methyl/N-ethyl adjacent to an activating group) is 2. The van der Waals surface area contributed by atoms with Crippen molar-refractivity contribution < 1.29 is 9.53 Å². The van der Waals surface area contributed by atoms with Crippen LogP contribution < -0.4 is 0 Å². The van der Waals surface area contributed by atoms with Gasteiger partial charge in [-0.1, -0.05) is 27.7 Å². The van der Waals surface area contributed by atoms with E-state index in [2.05, 4.69) is 49.2 Å². The lowest BCUT2D eigenvalue weighted by Crippen LogP contribution is -2.43. The van der Waals surface area contributed by atoms with Crippen LogP contribution in [0.3, 0.4) is 0 Å². The molecule has 7 nitrogen and oxygen atoms in total. The molecule has 0 saturated carbocycles. The quantitative estimate of drug-likeness (QED) is 0.614. The molecule has 1 saturated heterocycles. The fourth-order valence-electron chi connectivity index (χ4n) is 4.65. The Morgan fingerprint density at radius 2 is 1.90 bits per heavy atom. The van der Waals surface area contributed by atoms with Crippen LogP contribution in [-0.4, -0.2) is 96.0 Å². The van der Waals surface area contributed by atoms with Crippen LogP contribution in [0.4, 0.5) is 0 Å². The lowest BCUT2D eigenvalue weighted by molar-refractivity contribution is 0.0297. The van der Waals surface area contributed by atoms with Crippen LogP contribution in [0.5, 0.6) is 0 Å².